The van der Waals surface area contributed by atoms with E-state index in [2.05, 4.69) is 20.8 Å². The van der Waals surface area contributed by atoms with Gasteiger partial charge in [-0.3, -0.25) is 4.79 Å². The summed E-state index contributed by atoms with van der Waals surface area (Å²) in [6.07, 6.45) is 15.2. The van der Waals surface area contributed by atoms with Gasteiger partial charge in [-0.05, 0) is 36.1 Å². The predicted octanol–water partition coefficient (Wildman–Crippen LogP) is 2.56. The van der Waals surface area contributed by atoms with Crippen LogP contribution in [0.2, 0.25) is 0 Å². The zero-order valence-corrected chi connectivity index (χ0v) is 13.3. The first-order chi connectivity index (χ1) is 10.8. The van der Waals surface area contributed by atoms with E-state index in [9.17, 15) is 4.79 Å². The van der Waals surface area contributed by atoms with Crippen LogP contribution in [-0.4, -0.2) is 32.2 Å². The average molecular weight is 305 g/mol. The van der Waals surface area contributed by atoms with Crippen molar-refractivity contribution in [1.29, 1.82) is 0 Å². The minimum Gasteiger partial charge on any atom is -0.351 e. The van der Waals surface area contributed by atoms with E-state index in [1.54, 1.807) is 11.0 Å². The Balaban J connectivity index is 1.71. The summed E-state index contributed by atoms with van der Waals surface area (Å²) in [7, 11) is 0. The number of aromatic nitrogens is 4. The maximum atomic E-state index is 13.1. The first-order valence-electron chi connectivity index (χ1n) is 8.86. The Labute approximate surface area is 132 Å². The number of rotatable bonds is 3. The van der Waals surface area contributed by atoms with Crippen molar-refractivity contribution >= 4 is 5.91 Å². The number of amides is 1. The minimum atomic E-state index is -0.565. The fraction of sp³-hybridized carbons (Fsp3) is 0.875. The van der Waals surface area contributed by atoms with Crippen LogP contribution in [-0.2, 0) is 10.3 Å². The summed E-state index contributed by atoms with van der Waals surface area (Å²) in [5.74, 6) is 0.130. The summed E-state index contributed by atoms with van der Waals surface area (Å²) < 4.78 is 1.70. The predicted molar refractivity (Wildman–Crippen MR) is 83.1 cm³/mol. The van der Waals surface area contributed by atoms with E-state index in [1.807, 2.05) is 0 Å². The second-order valence-corrected chi connectivity index (χ2v) is 6.86. The van der Waals surface area contributed by atoms with Gasteiger partial charge < -0.3 is 5.32 Å². The fourth-order valence-corrected chi connectivity index (χ4v) is 3.97. The summed E-state index contributed by atoms with van der Waals surface area (Å²) in [5, 5.41) is 14.9. The second-order valence-electron chi connectivity index (χ2n) is 6.86. The Bertz CT molecular complexity index is 459. The molecule has 3 rings (SSSR count). The van der Waals surface area contributed by atoms with Crippen LogP contribution in [0.15, 0.2) is 6.33 Å². The number of nitrogens with one attached hydrogen (secondary N) is 1. The van der Waals surface area contributed by atoms with Crippen LogP contribution in [0.25, 0.3) is 0 Å². The van der Waals surface area contributed by atoms with Crippen molar-refractivity contribution in [1.82, 2.24) is 25.5 Å². The van der Waals surface area contributed by atoms with Crippen LogP contribution in [0.3, 0.4) is 0 Å². The van der Waals surface area contributed by atoms with Crippen molar-refractivity contribution in [3.8, 4) is 0 Å². The van der Waals surface area contributed by atoms with Crippen LogP contribution in [0.5, 0.6) is 0 Å². The largest absolute Gasteiger partial charge is 0.351 e. The van der Waals surface area contributed by atoms with Gasteiger partial charge in [-0.15, -0.1) is 5.10 Å². The normalized spacial score (nSPS) is 23.5. The van der Waals surface area contributed by atoms with Crippen LogP contribution < -0.4 is 5.32 Å². The lowest BCUT2D eigenvalue weighted by Crippen LogP contribution is -2.53. The average Bonchev–Trinajstić information content (AvgIpc) is 3.05. The summed E-state index contributed by atoms with van der Waals surface area (Å²) in [5.41, 5.74) is -0.565. The van der Waals surface area contributed by atoms with Crippen LogP contribution >= 0.6 is 0 Å². The molecule has 2 fully saturated rings. The van der Waals surface area contributed by atoms with Crippen molar-refractivity contribution in [2.45, 2.75) is 88.6 Å². The number of hydrogen-bond acceptors (Lipinski definition) is 4. The lowest BCUT2D eigenvalue weighted by Gasteiger charge is -2.36. The molecule has 122 valence electrons. The monoisotopic (exact) mass is 305 g/mol. The second kappa shape index (κ2) is 7.20. The zero-order valence-electron chi connectivity index (χ0n) is 13.3. The van der Waals surface area contributed by atoms with Crippen LogP contribution in [0.1, 0.15) is 77.0 Å². The molecule has 1 aromatic heterocycles. The molecule has 2 saturated carbocycles. The summed E-state index contributed by atoms with van der Waals surface area (Å²) in [6.45, 7) is 0. The van der Waals surface area contributed by atoms with Gasteiger partial charge >= 0.3 is 0 Å². The molecule has 22 heavy (non-hydrogen) atoms. The third-order valence-electron chi connectivity index (χ3n) is 5.33. The molecule has 1 heterocycles. The molecule has 2 aliphatic carbocycles. The highest BCUT2D eigenvalue weighted by atomic mass is 16.2. The Morgan fingerprint density at radius 2 is 1.64 bits per heavy atom. The number of hydrogen-bond donors (Lipinski definition) is 1. The van der Waals surface area contributed by atoms with E-state index in [0.29, 0.717) is 6.04 Å². The molecule has 0 radical (unpaired) electrons. The molecule has 0 saturated heterocycles. The van der Waals surface area contributed by atoms with Crippen LogP contribution in [0.4, 0.5) is 0 Å². The van der Waals surface area contributed by atoms with Gasteiger partial charge in [-0.25, -0.2) is 4.68 Å². The quantitative estimate of drug-likeness (QED) is 0.931. The van der Waals surface area contributed by atoms with E-state index < -0.39 is 5.54 Å². The first kappa shape index (κ1) is 15.4. The molecule has 0 aromatic carbocycles. The van der Waals surface area contributed by atoms with Crippen molar-refractivity contribution in [3.63, 3.8) is 0 Å². The number of carbonyl (C=O) groups excluding carboxylic acids is 1. The molecule has 6 heteroatoms. The van der Waals surface area contributed by atoms with Gasteiger partial charge in [0.1, 0.15) is 11.9 Å². The van der Waals surface area contributed by atoms with Crippen LogP contribution in [0, 0.1) is 0 Å². The van der Waals surface area contributed by atoms with Gasteiger partial charge in [0.15, 0.2) is 0 Å². The van der Waals surface area contributed by atoms with E-state index in [-0.39, 0.29) is 5.91 Å². The smallest absolute Gasteiger partial charge is 0.248 e. The summed E-state index contributed by atoms with van der Waals surface area (Å²) >= 11 is 0. The minimum absolute atomic E-state index is 0.130. The fourth-order valence-electron chi connectivity index (χ4n) is 3.97. The first-order valence-corrected chi connectivity index (χ1v) is 8.86. The molecule has 0 unspecified atom stereocenters. The number of nitrogens with zero attached hydrogens (tertiary/aromatic N) is 4. The lowest BCUT2D eigenvalue weighted by atomic mass is 9.80. The van der Waals surface area contributed by atoms with E-state index in [4.69, 9.17) is 0 Å². The Hall–Kier alpha value is -1.46. The molecule has 0 spiro atoms. The zero-order chi connectivity index (χ0) is 15.3. The molecule has 2 aliphatic rings. The van der Waals surface area contributed by atoms with E-state index in [0.717, 1.165) is 38.5 Å². The van der Waals surface area contributed by atoms with Crippen molar-refractivity contribution in [2.75, 3.05) is 0 Å². The molecule has 6 nitrogen and oxygen atoms in total. The maximum absolute atomic E-state index is 13.1. The Morgan fingerprint density at radius 1 is 1.00 bits per heavy atom. The molecule has 1 aromatic rings. The van der Waals surface area contributed by atoms with Gasteiger partial charge in [-0.2, -0.15) is 0 Å². The van der Waals surface area contributed by atoms with Gasteiger partial charge in [0, 0.05) is 6.04 Å². The van der Waals surface area contributed by atoms with Gasteiger partial charge in [-0.1, -0.05) is 51.4 Å². The van der Waals surface area contributed by atoms with Crippen molar-refractivity contribution < 1.29 is 4.79 Å². The maximum Gasteiger partial charge on any atom is 0.248 e. The van der Waals surface area contributed by atoms with Gasteiger partial charge in [0.05, 0.1) is 0 Å². The summed E-state index contributed by atoms with van der Waals surface area (Å²) in [4.78, 5) is 13.1. The highest BCUT2D eigenvalue weighted by Crippen LogP contribution is 2.34. The number of carbonyl (C=O) groups is 1. The van der Waals surface area contributed by atoms with Gasteiger partial charge in [0.25, 0.3) is 0 Å². The lowest BCUT2D eigenvalue weighted by molar-refractivity contribution is -0.133. The third-order valence-corrected chi connectivity index (χ3v) is 5.33. The molecular weight excluding hydrogens is 278 g/mol. The Morgan fingerprint density at radius 3 is 2.27 bits per heavy atom. The SMILES string of the molecule is O=C(NC1CCCCCCC1)C1(n2cnnn2)CCCCC1. The molecule has 0 atom stereocenters. The molecule has 1 amide bonds. The standard InChI is InChI=1S/C16H27N5O/c22-15(18-14-9-5-2-1-3-6-10-14)16(11-7-4-8-12-16)21-13-17-19-20-21/h13-14H,1-12H2,(H,18,22). The summed E-state index contributed by atoms with van der Waals surface area (Å²) in [6, 6.07) is 0.322. The molecule has 1 N–H and O–H groups in total. The van der Waals surface area contributed by atoms with Gasteiger partial charge in [0.2, 0.25) is 5.91 Å². The topological polar surface area (TPSA) is 72.7 Å². The molecule has 0 aliphatic heterocycles. The highest BCUT2D eigenvalue weighted by molar-refractivity contribution is 5.84. The molecular formula is C16H27N5O. The van der Waals surface area contributed by atoms with E-state index in [1.165, 1.54) is 38.5 Å². The van der Waals surface area contributed by atoms with Crippen molar-refractivity contribution in [2.24, 2.45) is 0 Å². The number of tetrazole rings is 1. The highest BCUT2D eigenvalue weighted by Gasteiger charge is 2.43. The third kappa shape index (κ3) is 3.31. The Kier molecular flexibility index (Phi) is 5.05. The van der Waals surface area contributed by atoms with E-state index >= 15 is 0 Å². The molecule has 0 bridgehead atoms. The van der Waals surface area contributed by atoms with Crippen molar-refractivity contribution in [3.05, 3.63) is 6.33 Å².